The number of furan rings is 1. The third-order valence-electron chi connectivity index (χ3n) is 6.81. The number of carbonyl (C=O) groups excluding carboxylic acids is 1. The van der Waals surface area contributed by atoms with Crippen molar-refractivity contribution in [3.05, 3.63) is 82.3 Å². The van der Waals surface area contributed by atoms with Gasteiger partial charge in [0, 0.05) is 24.2 Å². The SMILES string of the molecule is COc1ccc(CCNC(=O)c2ccc(CN(Cc3ccccc3Cl)C3CCCCC3)o2)cc1OC. The molecule has 0 spiro atoms. The van der Waals surface area contributed by atoms with Crippen LogP contribution in [0.5, 0.6) is 11.5 Å². The molecule has 1 aliphatic carbocycles. The molecule has 0 aliphatic heterocycles. The van der Waals surface area contributed by atoms with Gasteiger partial charge in [-0.3, -0.25) is 9.69 Å². The second-order valence-electron chi connectivity index (χ2n) is 9.25. The number of amides is 1. The maximum Gasteiger partial charge on any atom is 0.287 e. The number of hydrogen-bond acceptors (Lipinski definition) is 5. The van der Waals surface area contributed by atoms with Crippen LogP contribution in [0.1, 0.15) is 59.5 Å². The number of benzene rings is 2. The topological polar surface area (TPSA) is 63.9 Å². The van der Waals surface area contributed by atoms with Crippen molar-refractivity contribution in [3.8, 4) is 11.5 Å². The maximum atomic E-state index is 12.7. The largest absolute Gasteiger partial charge is 0.493 e. The Morgan fingerprint density at radius 2 is 1.78 bits per heavy atom. The fraction of sp³-hybridized carbons (Fsp3) is 0.414. The first-order valence-electron chi connectivity index (χ1n) is 12.6. The summed E-state index contributed by atoms with van der Waals surface area (Å²) in [7, 11) is 3.22. The quantitative estimate of drug-likeness (QED) is 0.330. The summed E-state index contributed by atoms with van der Waals surface area (Å²) in [5, 5.41) is 3.74. The Labute approximate surface area is 218 Å². The zero-order chi connectivity index (χ0) is 25.3. The Kier molecular flexibility index (Phi) is 9.31. The highest BCUT2D eigenvalue weighted by molar-refractivity contribution is 6.31. The number of hydrogen-bond donors (Lipinski definition) is 1. The van der Waals surface area contributed by atoms with Crippen molar-refractivity contribution < 1.29 is 18.7 Å². The molecule has 1 N–H and O–H groups in total. The van der Waals surface area contributed by atoms with Crippen LogP contribution < -0.4 is 14.8 Å². The van der Waals surface area contributed by atoms with Crippen LogP contribution in [0.15, 0.2) is 59.0 Å². The third kappa shape index (κ3) is 6.83. The van der Waals surface area contributed by atoms with Crippen molar-refractivity contribution in [3.63, 3.8) is 0 Å². The summed E-state index contributed by atoms with van der Waals surface area (Å²) in [5.41, 5.74) is 2.17. The molecule has 4 rings (SSSR count). The fourth-order valence-corrected chi connectivity index (χ4v) is 5.03. The van der Waals surface area contributed by atoms with E-state index >= 15 is 0 Å². The summed E-state index contributed by atoms with van der Waals surface area (Å²) in [5.74, 6) is 2.27. The predicted octanol–water partition coefficient (Wildman–Crippen LogP) is 6.26. The first-order chi connectivity index (χ1) is 17.6. The second kappa shape index (κ2) is 12.8. The molecule has 192 valence electrons. The van der Waals surface area contributed by atoms with Crippen LogP contribution in [-0.4, -0.2) is 37.6 Å². The molecule has 0 unspecified atom stereocenters. The molecule has 3 aromatic rings. The van der Waals surface area contributed by atoms with E-state index in [4.69, 9.17) is 25.5 Å². The molecule has 0 bridgehead atoms. The van der Waals surface area contributed by atoms with Crippen LogP contribution in [-0.2, 0) is 19.5 Å². The summed E-state index contributed by atoms with van der Waals surface area (Å²) in [6, 6.07) is 17.9. The molecule has 1 aliphatic rings. The molecule has 36 heavy (non-hydrogen) atoms. The summed E-state index contributed by atoms with van der Waals surface area (Å²) in [6.07, 6.45) is 6.81. The predicted molar refractivity (Wildman–Crippen MR) is 142 cm³/mol. The van der Waals surface area contributed by atoms with Gasteiger partial charge in [-0.15, -0.1) is 0 Å². The van der Waals surface area contributed by atoms with E-state index in [0.29, 0.717) is 42.8 Å². The van der Waals surface area contributed by atoms with Crippen LogP contribution in [0.25, 0.3) is 0 Å². The first kappa shape index (κ1) is 26.1. The van der Waals surface area contributed by atoms with Gasteiger partial charge in [-0.1, -0.05) is 55.1 Å². The number of ether oxygens (including phenoxy) is 2. The van der Waals surface area contributed by atoms with E-state index in [9.17, 15) is 4.79 Å². The fourth-order valence-electron chi connectivity index (χ4n) is 4.83. The van der Waals surface area contributed by atoms with Gasteiger partial charge in [-0.05, 0) is 60.7 Å². The van der Waals surface area contributed by atoms with Crippen molar-refractivity contribution >= 4 is 17.5 Å². The molecule has 1 amide bonds. The number of carbonyl (C=O) groups is 1. The number of halogens is 1. The number of nitrogens with zero attached hydrogens (tertiary/aromatic N) is 1. The van der Waals surface area contributed by atoms with Crippen molar-refractivity contribution in [2.24, 2.45) is 0 Å². The number of methoxy groups -OCH3 is 2. The first-order valence-corrected chi connectivity index (χ1v) is 13.0. The molecule has 2 aromatic carbocycles. The summed E-state index contributed by atoms with van der Waals surface area (Å²) >= 11 is 6.46. The van der Waals surface area contributed by atoms with Crippen LogP contribution >= 0.6 is 11.6 Å². The Morgan fingerprint density at radius 3 is 2.53 bits per heavy atom. The lowest BCUT2D eigenvalue weighted by atomic mass is 9.93. The minimum absolute atomic E-state index is 0.211. The van der Waals surface area contributed by atoms with Crippen molar-refractivity contribution in [2.75, 3.05) is 20.8 Å². The average Bonchev–Trinajstić information content (AvgIpc) is 3.38. The summed E-state index contributed by atoms with van der Waals surface area (Å²) in [6.45, 7) is 1.90. The lowest BCUT2D eigenvalue weighted by molar-refractivity contribution is 0.0916. The van der Waals surface area contributed by atoms with E-state index in [1.54, 1.807) is 20.3 Å². The highest BCUT2D eigenvalue weighted by Crippen LogP contribution is 2.29. The van der Waals surface area contributed by atoms with Gasteiger partial charge >= 0.3 is 0 Å². The zero-order valence-electron chi connectivity index (χ0n) is 21.1. The van der Waals surface area contributed by atoms with E-state index in [-0.39, 0.29) is 5.91 Å². The van der Waals surface area contributed by atoms with Gasteiger partial charge in [0.25, 0.3) is 5.91 Å². The minimum atomic E-state index is -0.211. The van der Waals surface area contributed by atoms with Gasteiger partial charge in [0.1, 0.15) is 5.76 Å². The van der Waals surface area contributed by atoms with Crippen LogP contribution in [0.4, 0.5) is 0 Å². The lowest BCUT2D eigenvalue weighted by Gasteiger charge is -2.34. The second-order valence-corrected chi connectivity index (χ2v) is 9.66. The van der Waals surface area contributed by atoms with Gasteiger partial charge in [-0.2, -0.15) is 0 Å². The molecule has 1 fully saturated rings. The van der Waals surface area contributed by atoms with Crippen LogP contribution in [0, 0.1) is 0 Å². The highest BCUT2D eigenvalue weighted by Gasteiger charge is 2.23. The minimum Gasteiger partial charge on any atom is -0.493 e. The standard InChI is InChI=1S/C29H35ClN2O4/c1-34-26-14-12-21(18-28(26)35-2)16-17-31-29(33)27-15-13-24(36-27)20-32(23-9-4-3-5-10-23)19-22-8-6-7-11-25(22)30/h6-8,11-15,18,23H,3-5,9-10,16-17,19-20H2,1-2H3,(H,31,33). The van der Waals surface area contributed by atoms with Gasteiger partial charge in [0.2, 0.25) is 0 Å². The molecule has 7 heteroatoms. The van der Waals surface area contributed by atoms with Gasteiger partial charge < -0.3 is 19.2 Å². The molecule has 6 nitrogen and oxygen atoms in total. The van der Waals surface area contributed by atoms with Crippen LogP contribution in [0.3, 0.4) is 0 Å². The average molecular weight is 511 g/mol. The highest BCUT2D eigenvalue weighted by atomic mass is 35.5. The lowest BCUT2D eigenvalue weighted by Crippen LogP contribution is -2.35. The molecule has 0 saturated heterocycles. The molecule has 0 radical (unpaired) electrons. The maximum absolute atomic E-state index is 12.7. The van der Waals surface area contributed by atoms with E-state index in [0.717, 1.165) is 28.5 Å². The van der Waals surface area contributed by atoms with E-state index in [1.165, 1.54) is 32.1 Å². The van der Waals surface area contributed by atoms with E-state index in [1.807, 2.05) is 42.5 Å². The van der Waals surface area contributed by atoms with Crippen molar-refractivity contribution in [1.82, 2.24) is 10.2 Å². The Morgan fingerprint density at radius 1 is 1.00 bits per heavy atom. The van der Waals surface area contributed by atoms with E-state index < -0.39 is 0 Å². The molecule has 1 aromatic heterocycles. The summed E-state index contributed by atoms with van der Waals surface area (Å²) in [4.78, 5) is 15.2. The number of rotatable bonds is 11. The van der Waals surface area contributed by atoms with Gasteiger partial charge in [-0.25, -0.2) is 0 Å². The van der Waals surface area contributed by atoms with Crippen molar-refractivity contribution in [1.29, 1.82) is 0 Å². The van der Waals surface area contributed by atoms with Gasteiger partial charge in [0.15, 0.2) is 17.3 Å². The monoisotopic (exact) mass is 510 g/mol. The normalized spacial score (nSPS) is 14.1. The number of nitrogens with one attached hydrogen (secondary N) is 1. The Balaban J connectivity index is 1.35. The van der Waals surface area contributed by atoms with Gasteiger partial charge in [0.05, 0.1) is 20.8 Å². The van der Waals surface area contributed by atoms with E-state index in [2.05, 4.69) is 16.3 Å². The third-order valence-corrected chi connectivity index (χ3v) is 7.18. The molecule has 1 heterocycles. The Hall–Kier alpha value is -2.96. The smallest absolute Gasteiger partial charge is 0.287 e. The zero-order valence-corrected chi connectivity index (χ0v) is 21.9. The molecule has 0 atom stereocenters. The molecular weight excluding hydrogens is 476 g/mol. The summed E-state index contributed by atoms with van der Waals surface area (Å²) < 4.78 is 16.6. The Bertz CT molecular complexity index is 1140. The molecular formula is C29H35ClN2O4. The molecule has 1 saturated carbocycles. The van der Waals surface area contributed by atoms with Crippen molar-refractivity contribution in [2.45, 2.75) is 57.7 Å². The van der Waals surface area contributed by atoms with Crippen LogP contribution in [0.2, 0.25) is 5.02 Å².